The Morgan fingerprint density at radius 1 is 0.720 bits per heavy atom. The van der Waals surface area contributed by atoms with Crippen LogP contribution in [0, 0.1) is 0 Å². The number of halogens is 1. The normalized spacial score (nSPS) is 13.2. The van der Waals surface area contributed by atoms with Gasteiger partial charge in [0.25, 0.3) is 0 Å². The Labute approximate surface area is 165 Å². The van der Waals surface area contributed by atoms with E-state index in [-0.39, 0.29) is 18.6 Å². The molecule has 1 atom stereocenters. The molecule has 3 heteroatoms. The molecule has 0 aliphatic rings. The number of quaternary nitrogens is 1. The SMILES string of the molecule is CCCCCCCC/C=C\CCCCCCCC[N+](C)(C)C(C)O.[Cl-]. The molecule has 0 aromatic carbocycles. The highest BCUT2D eigenvalue weighted by atomic mass is 35.5. The van der Waals surface area contributed by atoms with E-state index in [1.165, 1.54) is 89.9 Å². The summed E-state index contributed by atoms with van der Waals surface area (Å²) in [4.78, 5) is 0. The quantitative estimate of drug-likeness (QED) is 0.179. The molecule has 0 rings (SSSR count). The monoisotopic (exact) mass is 375 g/mol. The van der Waals surface area contributed by atoms with E-state index in [0.29, 0.717) is 0 Å². The summed E-state index contributed by atoms with van der Waals surface area (Å²) in [5, 5.41) is 9.67. The summed E-state index contributed by atoms with van der Waals surface area (Å²) >= 11 is 0. The van der Waals surface area contributed by atoms with Gasteiger partial charge in [-0.15, -0.1) is 0 Å². The van der Waals surface area contributed by atoms with E-state index in [0.717, 1.165) is 11.0 Å². The lowest BCUT2D eigenvalue weighted by molar-refractivity contribution is -0.934. The van der Waals surface area contributed by atoms with Crippen molar-refractivity contribution in [2.45, 2.75) is 110 Å². The van der Waals surface area contributed by atoms with Gasteiger partial charge in [0.15, 0.2) is 6.23 Å². The Morgan fingerprint density at radius 2 is 1.12 bits per heavy atom. The van der Waals surface area contributed by atoms with Crippen molar-refractivity contribution in [1.82, 2.24) is 0 Å². The van der Waals surface area contributed by atoms with Crippen LogP contribution in [0.15, 0.2) is 12.2 Å². The van der Waals surface area contributed by atoms with E-state index in [1.807, 2.05) is 6.92 Å². The third-order valence-electron chi connectivity index (χ3n) is 5.26. The predicted molar refractivity (Wildman–Crippen MR) is 108 cm³/mol. The van der Waals surface area contributed by atoms with Gasteiger partial charge in [0.2, 0.25) is 0 Å². The Hall–Kier alpha value is -0.0500. The molecule has 0 amide bonds. The minimum Gasteiger partial charge on any atom is -1.00 e. The van der Waals surface area contributed by atoms with Gasteiger partial charge in [-0.1, -0.05) is 70.4 Å². The largest absolute Gasteiger partial charge is 1.00 e. The van der Waals surface area contributed by atoms with Crippen molar-refractivity contribution < 1.29 is 22.0 Å². The van der Waals surface area contributed by atoms with Crippen LogP contribution in [0.3, 0.4) is 0 Å². The summed E-state index contributed by atoms with van der Waals surface area (Å²) in [5.41, 5.74) is 0. The lowest BCUT2D eigenvalue weighted by Crippen LogP contribution is -3.00. The molecule has 0 fully saturated rings. The van der Waals surface area contributed by atoms with Gasteiger partial charge in [0, 0.05) is 6.92 Å². The van der Waals surface area contributed by atoms with Gasteiger partial charge in [-0.2, -0.15) is 0 Å². The zero-order valence-electron chi connectivity index (χ0n) is 17.6. The maximum Gasteiger partial charge on any atom is 0.187 e. The Morgan fingerprint density at radius 3 is 1.56 bits per heavy atom. The molecular weight excluding hydrogens is 330 g/mol. The van der Waals surface area contributed by atoms with Gasteiger partial charge in [-0.05, 0) is 38.5 Å². The van der Waals surface area contributed by atoms with Crippen molar-refractivity contribution in [1.29, 1.82) is 0 Å². The van der Waals surface area contributed by atoms with E-state index in [1.54, 1.807) is 0 Å². The fourth-order valence-electron chi connectivity index (χ4n) is 2.95. The first kappa shape index (κ1) is 27.2. The summed E-state index contributed by atoms with van der Waals surface area (Å²) in [7, 11) is 4.23. The van der Waals surface area contributed by atoms with Gasteiger partial charge >= 0.3 is 0 Å². The van der Waals surface area contributed by atoms with Gasteiger partial charge in [0.05, 0.1) is 20.6 Å². The van der Waals surface area contributed by atoms with Crippen molar-refractivity contribution in [3.8, 4) is 0 Å². The summed E-state index contributed by atoms with van der Waals surface area (Å²) < 4.78 is 0.726. The Kier molecular flexibility index (Phi) is 20.4. The molecule has 0 heterocycles. The van der Waals surface area contributed by atoms with E-state index < -0.39 is 0 Å². The summed E-state index contributed by atoms with van der Waals surface area (Å²) in [5.74, 6) is 0. The summed E-state index contributed by atoms with van der Waals surface area (Å²) in [6, 6.07) is 0. The van der Waals surface area contributed by atoms with Gasteiger partial charge in [0.1, 0.15) is 0 Å². The zero-order chi connectivity index (χ0) is 18.1. The third-order valence-corrected chi connectivity index (χ3v) is 5.26. The van der Waals surface area contributed by atoms with Crippen molar-refractivity contribution in [3.63, 3.8) is 0 Å². The van der Waals surface area contributed by atoms with Crippen LogP contribution in [-0.4, -0.2) is 36.5 Å². The van der Waals surface area contributed by atoms with Crippen LogP contribution in [0.5, 0.6) is 0 Å². The van der Waals surface area contributed by atoms with Crippen LogP contribution >= 0.6 is 0 Å². The number of allylic oxidation sites excluding steroid dienone is 2. The number of nitrogens with zero attached hydrogens (tertiary/aromatic N) is 1. The van der Waals surface area contributed by atoms with E-state index in [9.17, 15) is 5.11 Å². The second-order valence-electron chi connectivity index (χ2n) is 8.07. The minimum atomic E-state index is -0.256. The second-order valence-corrected chi connectivity index (χ2v) is 8.07. The van der Waals surface area contributed by atoms with Crippen LogP contribution in [-0.2, 0) is 0 Å². The molecule has 0 radical (unpaired) electrons. The lowest BCUT2D eigenvalue weighted by Gasteiger charge is -2.32. The van der Waals surface area contributed by atoms with Crippen LogP contribution in [0.2, 0.25) is 0 Å². The first-order valence-corrected chi connectivity index (χ1v) is 10.7. The molecule has 0 saturated heterocycles. The Bertz CT molecular complexity index is 290. The van der Waals surface area contributed by atoms with E-state index in [2.05, 4.69) is 33.2 Å². The zero-order valence-corrected chi connectivity index (χ0v) is 18.4. The molecule has 1 N–H and O–H groups in total. The van der Waals surface area contributed by atoms with Crippen LogP contribution < -0.4 is 12.4 Å². The molecule has 25 heavy (non-hydrogen) atoms. The number of unbranched alkanes of at least 4 members (excludes halogenated alkanes) is 12. The maximum atomic E-state index is 9.67. The molecule has 0 aromatic rings. The lowest BCUT2D eigenvalue weighted by atomic mass is 10.1. The number of aliphatic hydroxyl groups is 1. The van der Waals surface area contributed by atoms with Gasteiger partial charge < -0.3 is 22.0 Å². The highest BCUT2D eigenvalue weighted by Crippen LogP contribution is 2.12. The highest BCUT2D eigenvalue weighted by Gasteiger charge is 2.20. The van der Waals surface area contributed by atoms with Crippen molar-refractivity contribution in [3.05, 3.63) is 12.2 Å². The van der Waals surface area contributed by atoms with Crippen LogP contribution in [0.4, 0.5) is 0 Å². The van der Waals surface area contributed by atoms with Crippen LogP contribution in [0.25, 0.3) is 0 Å². The molecule has 0 aromatic heterocycles. The minimum absolute atomic E-state index is 0. The molecule has 152 valence electrons. The standard InChI is InChI=1S/C22H46NO.ClH/c1-5-6-7-8-9-10-11-12-13-14-15-16-17-18-19-20-21-23(3,4)22(2)24;/h12-13,22,24H,5-11,14-21H2,1-4H3;1H/q+1;/p-1/b13-12-;. The van der Waals surface area contributed by atoms with Crippen molar-refractivity contribution >= 4 is 0 Å². The fourth-order valence-corrected chi connectivity index (χ4v) is 2.95. The number of rotatable bonds is 17. The fraction of sp³-hybridized carbons (Fsp3) is 0.909. The average Bonchev–Trinajstić information content (AvgIpc) is 2.54. The van der Waals surface area contributed by atoms with Crippen molar-refractivity contribution in [2.24, 2.45) is 0 Å². The van der Waals surface area contributed by atoms with E-state index >= 15 is 0 Å². The molecule has 1 unspecified atom stereocenters. The number of aliphatic hydroxyl groups excluding tert-OH is 1. The Balaban J connectivity index is 0. The molecule has 2 nitrogen and oxygen atoms in total. The molecule has 0 aliphatic carbocycles. The molecule has 0 saturated carbocycles. The van der Waals surface area contributed by atoms with Gasteiger partial charge in [-0.3, -0.25) is 0 Å². The topological polar surface area (TPSA) is 20.2 Å². The second kappa shape index (κ2) is 18.7. The summed E-state index contributed by atoms with van der Waals surface area (Å²) in [6.07, 6.45) is 23.5. The van der Waals surface area contributed by atoms with Crippen molar-refractivity contribution in [2.75, 3.05) is 20.6 Å². The predicted octanol–water partition coefficient (Wildman–Crippen LogP) is 3.44. The molecule has 0 spiro atoms. The summed E-state index contributed by atoms with van der Waals surface area (Å²) in [6.45, 7) is 5.25. The molecular formula is C22H46ClNO. The average molecular weight is 376 g/mol. The third kappa shape index (κ3) is 18.5. The molecule has 0 aliphatic heterocycles. The smallest absolute Gasteiger partial charge is 0.187 e. The first-order valence-electron chi connectivity index (χ1n) is 10.7. The number of hydrogen-bond acceptors (Lipinski definition) is 1. The van der Waals surface area contributed by atoms with E-state index in [4.69, 9.17) is 0 Å². The molecule has 0 bridgehead atoms. The first-order chi connectivity index (χ1) is 11.5. The van der Waals surface area contributed by atoms with Crippen LogP contribution in [0.1, 0.15) is 104 Å². The highest BCUT2D eigenvalue weighted by molar-refractivity contribution is 4.81. The van der Waals surface area contributed by atoms with Gasteiger partial charge in [-0.25, -0.2) is 0 Å². The number of hydrogen-bond donors (Lipinski definition) is 1. The maximum absolute atomic E-state index is 9.67.